The summed E-state index contributed by atoms with van der Waals surface area (Å²) in [6.07, 6.45) is -1.03. The van der Waals surface area contributed by atoms with E-state index in [2.05, 4.69) is 10.6 Å². The molecule has 2 atom stereocenters. The van der Waals surface area contributed by atoms with Crippen LogP contribution in [0, 0.1) is 11.8 Å². The van der Waals surface area contributed by atoms with Crippen molar-refractivity contribution in [1.82, 2.24) is 10.6 Å². The highest BCUT2D eigenvalue weighted by molar-refractivity contribution is 5.84. The van der Waals surface area contributed by atoms with Gasteiger partial charge in [-0.15, -0.1) is 0 Å². The van der Waals surface area contributed by atoms with Gasteiger partial charge in [0, 0.05) is 12.6 Å². The number of carbonyl (C=O) groups excluding carboxylic acids is 3. The van der Waals surface area contributed by atoms with E-state index < -0.39 is 35.3 Å². The molecule has 0 aliphatic rings. The number of alkyl carbamates (subject to hydrolysis) is 2. The Bertz CT molecular complexity index is 522. The van der Waals surface area contributed by atoms with Gasteiger partial charge in [-0.05, 0) is 53.4 Å². The van der Waals surface area contributed by atoms with Gasteiger partial charge < -0.3 is 31.6 Å². The third-order valence-corrected chi connectivity index (χ3v) is 3.41. The molecule has 0 bridgehead atoms. The van der Waals surface area contributed by atoms with Gasteiger partial charge in [-0.2, -0.15) is 0 Å². The minimum atomic E-state index is -0.695. The smallest absolute Gasteiger partial charge is 0.408 e. The molecule has 0 rings (SSSR count). The van der Waals surface area contributed by atoms with E-state index in [1.54, 1.807) is 34.6 Å². The van der Waals surface area contributed by atoms with Gasteiger partial charge in [0.15, 0.2) is 0 Å². The summed E-state index contributed by atoms with van der Waals surface area (Å²) in [5, 5.41) is 5.17. The monoisotopic (exact) mass is 418 g/mol. The SMILES string of the molecule is CC(C)[C@@H](CN)NC(=O)OC(C)(C)C.CC(C)[C@H](NC(=O)OC(C)(C)C)C(N)=O. The molecule has 0 unspecified atom stereocenters. The molecule has 0 saturated carbocycles. The van der Waals surface area contributed by atoms with Crippen LogP contribution >= 0.6 is 0 Å². The van der Waals surface area contributed by atoms with E-state index in [0.717, 1.165) is 0 Å². The van der Waals surface area contributed by atoms with Crippen LogP contribution < -0.4 is 22.1 Å². The molecule has 0 fully saturated rings. The molecular formula is C20H42N4O5. The number of hydrogen-bond donors (Lipinski definition) is 4. The first-order valence-corrected chi connectivity index (χ1v) is 9.88. The summed E-state index contributed by atoms with van der Waals surface area (Å²) in [5.41, 5.74) is 9.62. The summed E-state index contributed by atoms with van der Waals surface area (Å²) in [4.78, 5) is 33.7. The van der Waals surface area contributed by atoms with Crippen LogP contribution in [0.5, 0.6) is 0 Å². The zero-order valence-corrected chi connectivity index (χ0v) is 19.7. The van der Waals surface area contributed by atoms with Crippen molar-refractivity contribution in [3.05, 3.63) is 0 Å². The molecule has 172 valence electrons. The Morgan fingerprint density at radius 3 is 1.41 bits per heavy atom. The maximum Gasteiger partial charge on any atom is 0.408 e. The fourth-order valence-electron chi connectivity index (χ4n) is 1.96. The first-order valence-electron chi connectivity index (χ1n) is 9.88. The molecule has 0 spiro atoms. The van der Waals surface area contributed by atoms with Crippen molar-refractivity contribution in [2.45, 2.75) is 92.5 Å². The molecule has 9 heteroatoms. The number of nitrogens with one attached hydrogen (secondary N) is 2. The molecular weight excluding hydrogens is 376 g/mol. The second kappa shape index (κ2) is 12.5. The van der Waals surface area contributed by atoms with Crippen LogP contribution in [0.4, 0.5) is 9.59 Å². The average molecular weight is 419 g/mol. The van der Waals surface area contributed by atoms with Gasteiger partial charge in [-0.25, -0.2) is 9.59 Å². The van der Waals surface area contributed by atoms with Crippen LogP contribution in [0.1, 0.15) is 69.2 Å². The molecule has 0 radical (unpaired) electrons. The summed E-state index contributed by atoms with van der Waals surface area (Å²) < 4.78 is 10.1. The third-order valence-electron chi connectivity index (χ3n) is 3.41. The first kappa shape index (κ1) is 29.2. The van der Waals surface area contributed by atoms with Crippen molar-refractivity contribution < 1.29 is 23.9 Å². The minimum absolute atomic E-state index is 0.0233. The molecule has 0 aromatic heterocycles. The fourth-order valence-corrected chi connectivity index (χ4v) is 1.96. The molecule has 0 aromatic carbocycles. The number of primary amides is 1. The number of hydrogen-bond acceptors (Lipinski definition) is 6. The lowest BCUT2D eigenvalue weighted by atomic mass is 10.0. The van der Waals surface area contributed by atoms with Gasteiger partial charge in [0.2, 0.25) is 5.91 Å². The van der Waals surface area contributed by atoms with Crippen LogP contribution in [0.25, 0.3) is 0 Å². The molecule has 6 N–H and O–H groups in total. The van der Waals surface area contributed by atoms with Crippen molar-refractivity contribution in [3.63, 3.8) is 0 Å². The van der Waals surface area contributed by atoms with E-state index in [9.17, 15) is 14.4 Å². The Morgan fingerprint density at radius 1 is 0.793 bits per heavy atom. The number of amides is 3. The van der Waals surface area contributed by atoms with Crippen LogP contribution in [0.15, 0.2) is 0 Å². The van der Waals surface area contributed by atoms with Crippen LogP contribution in [0.3, 0.4) is 0 Å². The number of ether oxygens (including phenoxy) is 2. The summed E-state index contributed by atoms with van der Waals surface area (Å²) in [7, 11) is 0. The van der Waals surface area contributed by atoms with Crippen molar-refractivity contribution >= 4 is 18.1 Å². The van der Waals surface area contributed by atoms with E-state index in [1.807, 2.05) is 34.6 Å². The normalized spacial score (nSPS) is 13.7. The standard InChI is InChI=1S/C10H20N2O3.C10H22N2O2/c1-6(2)7(8(11)13)12-9(14)15-10(3,4)5;1-7(2)8(6-11)12-9(13)14-10(3,4)5/h6-7H,1-5H3,(H2,11,13)(H,12,14);7-8H,6,11H2,1-5H3,(H,12,13)/t7-;8-/m01/s1. The molecule has 0 heterocycles. The lowest BCUT2D eigenvalue weighted by Gasteiger charge is -2.24. The Kier molecular flexibility index (Phi) is 12.6. The topological polar surface area (TPSA) is 146 Å². The lowest BCUT2D eigenvalue weighted by Crippen LogP contribution is -2.49. The van der Waals surface area contributed by atoms with Crippen molar-refractivity contribution in [2.24, 2.45) is 23.3 Å². The van der Waals surface area contributed by atoms with Crippen LogP contribution in [-0.2, 0) is 14.3 Å². The summed E-state index contributed by atoms with van der Waals surface area (Å²) in [6, 6.07) is -0.718. The van der Waals surface area contributed by atoms with E-state index in [0.29, 0.717) is 12.5 Å². The highest BCUT2D eigenvalue weighted by Gasteiger charge is 2.25. The molecule has 0 aliphatic heterocycles. The quantitative estimate of drug-likeness (QED) is 0.521. The third kappa shape index (κ3) is 16.6. The fraction of sp³-hybridized carbons (Fsp3) is 0.850. The largest absolute Gasteiger partial charge is 0.444 e. The lowest BCUT2D eigenvalue weighted by molar-refractivity contribution is -0.121. The Morgan fingerprint density at radius 2 is 1.17 bits per heavy atom. The molecule has 0 saturated heterocycles. The summed E-state index contributed by atoms with van der Waals surface area (Å²) in [5.74, 6) is -0.307. The maximum atomic E-state index is 11.3. The zero-order chi connectivity index (χ0) is 23.6. The number of nitrogens with two attached hydrogens (primary N) is 2. The second-order valence-electron chi connectivity index (χ2n) is 9.50. The molecule has 9 nitrogen and oxygen atoms in total. The predicted octanol–water partition coefficient (Wildman–Crippen LogP) is 2.52. The molecule has 3 amide bonds. The van der Waals surface area contributed by atoms with E-state index >= 15 is 0 Å². The summed E-state index contributed by atoms with van der Waals surface area (Å²) in [6.45, 7) is 18.8. The van der Waals surface area contributed by atoms with Gasteiger partial charge in [0.25, 0.3) is 0 Å². The highest BCUT2D eigenvalue weighted by Crippen LogP contribution is 2.09. The van der Waals surface area contributed by atoms with Crippen molar-refractivity contribution in [2.75, 3.05) is 6.54 Å². The Balaban J connectivity index is 0. The predicted molar refractivity (Wildman–Crippen MR) is 114 cm³/mol. The Labute approximate surface area is 175 Å². The molecule has 0 aliphatic carbocycles. The van der Waals surface area contributed by atoms with E-state index in [1.165, 1.54) is 0 Å². The van der Waals surface area contributed by atoms with Crippen LogP contribution in [0.2, 0.25) is 0 Å². The number of carbonyl (C=O) groups is 3. The maximum absolute atomic E-state index is 11.3. The first-order chi connectivity index (χ1) is 12.9. The zero-order valence-electron chi connectivity index (χ0n) is 19.7. The molecule has 0 aromatic rings. The highest BCUT2D eigenvalue weighted by atomic mass is 16.6. The average Bonchev–Trinajstić information content (AvgIpc) is 2.46. The number of rotatable bonds is 6. The van der Waals surface area contributed by atoms with Crippen molar-refractivity contribution in [1.29, 1.82) is 0 Å². The minimum Gasteiger partial charge on any atom is -0.444 e. The van der Waals surface area contributed by atoms with Gasteiger partial charge in [-0.1, -0.05) is 27.7 Å². The second-order valence-corrected chi connectivity index (χ2v) is 9.50. The van der Waals surface area contributed by atoms with Crippen LogP contribution in [-0.4, -0.2) is 47.9 Å². The Hall–Kier alpha value is -2.03. The van der Waals surface area contributed by atoms with Gasteiger partial charge in [0.1, 0.15) is 17.2 Å². The van der Waals surface area contributed by atoms with Gasteiger partial charge in [0.05, 0.1) is 0 Å². The van der Waals surface area contributed by atoms with Gasteiger partial charge >= 0.3 is 12.2 Å². The van der Waals surface area contributed by atoms with E-state index in [4.69, 9.17) is 20.9 Å². The molecule has 29 heavy (non-hydrogen) atoms. The summed E-state index contributed by atoms with van der Waals surface area (Å²) >= 11 is 0. The van der Waals surface area contributed by atoms with Crippen molar-refractivity contribution in [3.8, 4) is 0 Å². The van der Waals surface area contributed by atoms with E-state index in [-0.39, 0.29) is 12.0 Å². The van der Waals surface area contributed by atoms with Gasteiger partial charge in [-0.3, -0.25) is 4.79 Å².